The number of benzene rings is 3. The summed E-state index contributed by atoms with van der Waals surface area (Å²) in [5, 5.41) is 17.1. The van der Waals surface area contributed by atoms with Gasteiger partial charge in [0.05, 0.1) is 23.9 Å². The molecule has 0 saturated carbocycles. The van der Waals surface area contributed by atoms with E-state index in [9.17, 15) is 4.79 Å². The topological polar surface area (TPSA) is 96.7 Å². The third-order valence-corrected chi connectivity index (χ3v) is 11.7. The van der Waals surface area contributed by atoms with Crippen LogP contribution in [-0.2, 0) is 17.8 Å². The van der Waals surface area contributed by atoms with Crippen LogP contribution in [0.25, 0.3) is 22.3 Å². The Hall–Kier alpha value is -3.47. The lowest BCUT2D eigenvalue weighted by atomic mass is 9.80. The second-order valence-corrected chi connectivity index (χ2v) is 16.9. The fourth-order valence-electron chi connectivity index (χ4n) is 7.27. The number of hydrogen-bond donors (Lipinski definition) is 2. The van der Waals surface area contributed by atoms with Crippen LogP contribution in [0, 0.1) is 20.8 Å². The van der Waals surface area contributed by atoms with Gasteiger partial charge in [-0.1, -0.05) is 114 Å². The molecule has 3 aromatic carbocycles. The van der Waals surface area contributed by atoms with Crippen LogP contribution in [0.3, 0.4) is 0 Å². The molecule has 56 heavy (non-hydrogen) atoms. The van der Waals surface area contributed by atoms with Gasteiger partial charge in [-0.3, -0.25) is 14.6 Å². The molecule has 10 heteroatoms. The predicted octanol–water partition coefficient (Wildman–Crippen LogP) is 11.1. The number of thioether (sulfide) groups is 1. The first kappa shape index (κ1) is 48.7. The van der Waals surface area contributed by atoms with Crippen molar-refractivity contribution in [2.45, 2.75) is 133 Å². The Morgan fingerprint density at radius 2 is 1.52 bits per heavy atom. The molecule has 3 aliphatic rings. The lowest BCUT2D eigenvalue weighted by molar-refractivity contribution is -0.122. The Balaban J connectivity index is 0.000000805. The number of carboxylic acid groups (broad SMARTS) is 1. The predicted molar refractivity (Wildman–Crippen MR) is 245 cm³/mol. The molecule has 3 aliphatic heterocycles. The number of fused-ring (bicyclic) bond motifs is 3. The van der Waals surface area contributed by atoms with E-state index in [1.54, 1.807) is 32.7 Å². The maximum atomic E-state index is 14.0. The zero-order chi connectivity index (χ0) is 42.3. The van der Waals surface area contributed by atoms with Gasteiger partial charge >= 0.3 is 0 Å². The standard InChI is InChI=1S/C37H46N4OS2.C4H10O.2C2H6.CH2O2/c1-8-10-32-26(6)44-37(38-32)40-19-17-39(18-20-40)36(42)28-15-16-29-22-41(43-7)35-24(4)30(9-2)33(25(5)34(35)31(29)21-28)27-13-11-23(3)12-14-27;1-4(2,3)5;2*1-2;2-1-3/h11-16,21,26,32H,8-10,17-20,22H2,1-7H3;5H,1-3H3;2*1-2H3;1H,(H,2,3). The lowest BCUT2D eigenvalue weighted by Crippen LogP contribution is -2.49. The highest BCUT2D eigenvalue weighted by Crippen LogP contribution is 2.50. The Morgan fingerprint density at radius 1 is 0.946 bits per heavy atom. The van der Waals surface area contributed by atoms with Crippen molar-refractivity contribution in [1.82, 2.24) is 9.80 Å². The number of rotatable bonds is 6. The highest BCUT2D eigenvalue weighted by molar-refractivity contribution is 8.14. The fourth-order valence-corrected chi connectivity index (χ4v) is 9.16. The smallest absolute Gasteiger partial charge is 0.290 e. The zero-order valence-corrected chi connectivity index (χ0v) is 38.4. The molecule has 0 radical (unpaired) electrons. The van der Waals surface area contributed by atoms with Gasteiger partial charge in [-0.05, 0) is 105 Å². The molecule has 6 rings (SSSR count). The molecule has 0 bridgehead atoms. The van der Waals surface area contributed by atoms with E-state index in [0.29, 0.717) is 11.3 Å². The quantitative estimate of drug-likeness (QED) is 0.188. The van der Waals surface area contributed by atoms with Gasteiger partial charge in [0.2, 0.25) is 0 Å². The summed E-state index contributed by atoms with van der Waals surface area (Å²) in [7, 11) is 0. The van der Waals surface area contributed by atoms with Crippen molar-refractivity contribution in [3.05, 3.63) is 75.8 Å². The van der Waals surface area contributed by atoms with Crippen molar-refractivity contribution < 1.29 is 19.8 Å². The lowest BCUT2D eigenvalue weighted by Gasteiger charge is -2.37. The molecule has 310 valence electrons. The summed E-state index contributed by atoms with van der Waals surface area (Å²) >= 11 is 3.70. The van der Waals surface area contributed by atoms with Crippen LogP contribution in [0.5, 0.6) is 0 Å². The number of anilines is 1. The van der Waals surface area contributed by atoms with Crippen LogP contribution in [0.2, 0.25) is 0 Å². The second-order valence-electron chi connectivity index (χ2n) is 14.8. The summed E-state index contributed by atoms with van der Waals surface area (Å²) in [6, 6.07) is 15.8. The molecular weight excluding hydrogens is 737 g/mol. The largest absolute Gasteiger partial charge is 0.483 e. The Kier molecular flexibility index (Phi) is 20.0. The van der Waals surface area contributed by atoms with Gasteiger partial charge in [-0.2, -0.15) is 0 Å². The van der Waals surface area contributed by atoms with Gasteiger partial charge < -0.3 is 24.3 Å². The zero-order valence-electron chi connectivity index (χ0n) is 36.7. The van der Waals surface area contributed by atoms with Crippen molar-refractivity contribution in [3.8, 4) is 22.3 Å². The number of carbonyl (C=O) groups excluding carboxylic acids is 1. The summed E-state index contributed by atoms with van der Waals surface area (Å²) in [5.74, 6) is 0.137. The first-order valence-corrected chi connectivity index (χ1v) is 22.5. The van der Waals surface area contributed by atoms with Crippen LogP contribution in [0.15, 0.2) is 47.5 Å². The maximum Gasteiger partial charge on any atom is 0.290 e. The molecule has 1 saturated heterocycles. The minimum Gasteiger partial charge on any atom is -0.483 e. The van der Waals surface area contributed by atoms with Crippen LogP contribution < -0.4 is 4.31 Å². The van der Waals surface area contributed by atoms with Crippen molar-refractivity contribution >= 4 is 46.9 Å². The average molecular weight is 807 g/mol. The van der Waals surface area contributed by atoms with E-state index in [1.807, 2.05) is 44.4 Å². The monoisotopic (exact) mass is 806 g/mol. The van der Waals surface area contributed by atoms with Crippen LogP contribution in [-0.4, -0.2) is 86.9 Å². The van der Waals surface area contributed by atoms with Crippen molar-refractivity contribution in [3.63, 3.8) is 0 Å². The molecular formula is C46H70N4O4S2. The first-order valence-electron chi connectivity index (χ1n) is 20.4. The van der Waals surface area contributed by atoms with Crippen molar-refractivity contribution in [2.75, 3.05) is 36.7 Å². The summed E-state index contributed by atoms with van der Waals surface area (Å²) in [6.45, 7) is 30.5. The van der Waals surface area contributed by atoms with E-state index in [0.717, 1.165) is 51.1 Å². The van der Waals surface area contributed by atoms with Gasteiger partial charge in [-0.15, -0.1) is 0 Å². The second kappa shape index (κ2) is 23.1. The normalized spacial score (nSPS) is 16.9. The molecule has 1 fully saturated rings. The number of amides is 1. The van der Waals surface area contributed by atoms with Gasteiger partial charge in [0, 0.05) is 48.8 Å². The third-order valence-electron chi connectivity index (χ3n) is 9.73. The van der Waals surface area contributed by atoms with Gasteiger partial charge in [0.15, 0.2) is 5.17 Å². The van der Waals surface area contributed by atoms with Crippen LogP contribution >= 0.6 is 23.7 Å². The van der Waals surface area contributed by atoms with Crippen LogP contribution in [0.4, 0.5) is 5.69 Å². The van der Waals surface area contributed by atoms with E-state index in [4.69, 9.17) is 20.0 Å². The molecule has 2 N–H and O–H groups in total. The van der Waals surface area contributed by atoms with Crippen molar-refractivity contribution in [2.24, 2.45) is 4.99 Å². The molecule has 0 aromatic heterocycles. The Morgan fingerprint density at radius 3 is 2.04 bits per heavy atom. The Labute approximate surface area is 347 Å². The molecule has 2 atom stereocenters. The van der Waals surface area contributed by atoms with Crippen molar-refractivity contribution in [1.29, 1.82) is 0 Å². The highest BCUT2D eigenvalue weighted by Gasteiger charge is 2.33. The molecule has 3 aromatic rings. The SMILES string of the molecule is CC.CC.CC(C)(C)O.CCCC1N=C(N2CCN(C(=O)c3ccc4c(c3)-c3c(C)c(-c5ccc(C)cc5)c(CC)c(C)c3N(SC)C4)CC2)SC1C.O=CO. The minimum absolute atomic E-state index is 0.137. The highest BCUT2D eigenvalue weighted by atomic mass is 32.2. The molecule has 0 spiro atoms. The number of carbonyl (C=O) groups is 2. The van der Waals surface area contributed by atoms with E-state index in [-0.39, 0.29) is 12.4 Å². The summed E-state index contributed by atoms with van der Waals surface area (Å²) in [4.78, 5) is 31.8. The van der Waals surface area contributed by atoms with E-state index >= 15 is 0 Å². The van der Waals surface area contributed by atoms with Gasteiger partial charge in [0.1, 0.15) is 0 Å². The number of piperazine rings is 1. The van der Waals surface area contributed by atoms with E-state index < -0.39 is 5.60 Å². The molecule has 2 unspecified atom stereocenters. The molecule has 1 amide bonds. The fraction of sp³-hybridized carbons (Fsp3) is 0.543. The van der Waals surface area contributed by atoms with Crippen LogP contribution in [0.1, 0.15) is 120 Å². The number of amidine groups is 1. The number of hydrogen-bond acceptors (Lipinski definition) is 8. The van der Waals surface area contributed by atoms with Gasteiger partial charge in [0.25, 0.3) is 12.4 Å². The number of aliphatic hydroxyl groups is 1. The van der Waals surface area contributed by atoms with E-state index in [2.05, 4.69) is 99.5 Å². The summed E-state index contributed by atoms with van der Waals surface area (Å²) in [5.41, 5.74) is 13.3. The molecule has 3 heterocycles. The number of nitrogens with zero attached hydrogens (tertiary/aromatic N) is 4. The Bertz CT molecular complexity index is 1740. The maximum absolute atomic E-state index is 14.0. The van der Waals surface area contributed by atoms with Gasteiger partial charge in [-0.25, -0.2) is 0 Å². The summed E-state index contributed by atoms with van der Waals surface area (Å²) in [6.07, 6.45) is 5.46. The molecule has 8 nitrogen and oxygen atoms in total. The number of aryl methyl sites for hydroxylation is 1. The molecule has 0 aliphatic carbocycles. The average Bonchev–Trinajstić information content (AvgIpc) is 3.56. The first-order chi connectivity index (χ1) is 26.7. The minimum atomic E-state index is -0.500. The van der Waals surface area contributed by atoms with E-state index in [1.165, 1.54) is 67.3 Å². The third kappa shape index (κ3) is 12.3. The summed E-state index contributed by atoms with van der Waals surface area (Å²) < 4.78 is 2.44. The number of aliphatic imine (C=N–C) groups is 1.